The molecule has 1 amide bonds. The second-order valence-corrected chi connectivity index (χ2v) is 5.20. The summed E-state index contributed by atoms with van der Waals surface area (Å²) in [5, 5.41) is 8.03. The van der Waals surface area contributed by atoms with Crippen LogP contribution in [0.1, 0.15) is 48.0 Å². The number of aromatic nitrogens is 4. The second-order valence-electron chi connectivity index (χ2n) is 5.20. The molecular weight excluding hydrogens is 286 g/mol. The normalized spacial score (nSPS) is 17.9. The number of carbonyl (C=O) groups is 1. The largest absolute Gasteiger partial charge is 0.340 e. The fourth-order valence-electron chi connectivity index (χ4n) is 2.67. The molecule has 22 heavy (non-hydrogen) atoms. The van der Waals surface area contributed by atoms with Crippen LogP contribution in [-0.2, 0) is 6.54 Å². The second kappa shape index (κ2) is 5.70. The molecule has 0 spiro atoms. The molecule has 2 aromatic rings. The van der Waals surface area contributed by atoms with E-state index in [1.54, 1.807) is 11.8 Å². The lowest BCUT2D eigenvalue weighted by atomic mass is 10.2. The van der Waals surface area contributed by atoms with Gasteiger partial charge >= 0.3 is 0 Å². The maximum Gasteiger partial charge on any atom is 0.274 e. The van der Waals surface area contributed by atoms with E-state index in [1.165, 1.54) is 16.8 Å². The SMILES string of the molecule is CCn1nc(C(=O)N2CCC[C@@H]2c2noc(C)n2)ccc1=O. The molecule has 0 aliphatic carbocycles. The summed E-state index contributed by atoms with van der Waals surface area (Å²) in [6.07, 6.45) is 1.66. The van der Waals surface area contributed by atoms with Gasteiger partial charge in [-0.15, -0.1) is 0 Å². The number of nitrogens with zero attached hydrogens (tertiary/aromatic N) is 5. The van der Waals surface area contributed by atoms with E-state index in [9.17, 15) is 9.59 Å². The molecule has 0 bridgehead atoms. The van der Waals surface area contributed by atoms with Crippen LogP contribution in [0.4, 0.5) is 0 Å². The van der Waals surface area contributed by atoms with Crippen molar-refractivity contribution in [2.75, 3.05) is 6.54 Å². The van der Waals surface area contributed by atoms with Gasteiger partial charge in [-0.25, -0.2) is 4.68 Å². The van der Waals surface area contributed by atoms with Gasteiger partial charge in [0, 0.05) is 26.1 Å². The summed E-state index contributed by atoms with van der Waals surface area (Å²) in [5.41, 5.74) is 0.0411. The first-order valence-electron chi connectivity index (χ1n) is 7.29. The summed E-state index contributed by atoms with van der Waals surface area (Å²) in [6.45, 7) is 4.57. The van der Waals surface area contributed by atoms with Crippen LogP contribution in [0, 0.1) is 6.92 Å². The molecule has 1 aliphatic heterocycles. The summed E-state index contributed by atoms with van der Waals surface area (Å²) in [6, 6.07) is 2.63. The summed E-state index contributed by atoms with van der Waals surface area (Å²) in [7, 11) is 0. The standard InChI is InChI=1S/C14H17N5O3/c1-3-19-12(20)7-6-10(16-19)14(21)18-8-4-5-11(18)13-15-9(2)22-17-13/h6-7,11H,3-5,8H2,1-2H3/t11-/m1/s1. The number of amides is 1. The van der Waals surface area contributed by atoms with Crippen molar-refractivity contribution in [1.82, 2.24) is 24.8 Å². The molecule has 0 saturated carbocycles. The molecule has 3 heterocycles. The predicted octanol–water partition coefficient (Wildman–Crippen LogP) is 0.932. The van der Waals surface area contributed by atoms with E-state index in [0.29, 0.717) is 24.8 Å². The number of rotatable bonds is 3. The van der Waals surface area contributed by atoms with Gasteiger partial charge in [0.05, 0.1) is 6.04 Å². The Kier molecular flexibility index (Phi) is 3.74. The van der Waals surface area contributed by atoms with Crippen molar-refractivity contribution in [3.05, 3.63) is 39.9 Å². The molecule has 1 aliphatic rings. The van der Waals surface area contributed by atoms with E-state index >= 15 is 0 Å². The van der Waals surface area contributed by atoms with Crippen molar-refractivity contribution in [3.8, 4) is 0 Å². The molecule has 0 N–H and O–H groups in total. The summed E-state index contributed by atoms with van der Waals surface area (Å²) < 4.78 is 6.28. The van der Waals surface area contributed by atoms with E-state index in [-0.39, 0.29) is 23.2 Å². The Morgan fingerprint density at radius 2 is 2.27 bits per heavy atom. The van der Waals surface area contributed by atoms with Crippen molar-refractivity contribution < 1.29 is 9.32 Å². The number of hydrogen-bond acceptors (Lipinski definition) is 6. The fraction of sp³-hybridized carbons (Fsp3) is 0.500. The number of aryl methyl sites for hydroxylation is 2. The zero-order valence-electron chi connectivity index (χ0n) is 12.5. The Morgan fingerprint density at radius 1 is 1.45 bits per heavy atom. The van der Waals surface area contributed by atoms with Crippen LogP contribution in [-0.4, -0.2) is 37.3 Å². The minimum absolute atomic E-state index is 0.200. The third-order valence-electron chi connectivity index (χ3n) is 3.74. The van der Waals surface area contributed by atoms with Crippen LogP contribution in [0.2, 0.25) is 0 Å². The van der Waals surface area contributed by atoms with Gasteiger partial charge in [-0.05, 0) is 25.8 Å². The molecule has 8 heteroatoms. The lowest BCUT2D eigenvalue weighted by molar-refractivity contribution is 0.0719. The molecular formula is C14H17N5O3. The van der Waals surface area contributed by atoms with Gasteiger partial charge in [0.25, 0.3) is 11.5 Å². The first-order chi connectivity index (χ1) is 10.6. The molecule has 0 aromatic carbocycles. The van der Waals surface area contributed by atoms with Crippen LogP contribution in [0.3, 0.4) is 0 Å². The van der Waals surface area contributed by atoms with Gasteiger partial charge in [-0.2, -0.15) is 10.1 Å². The number of carbonyl (C=O) groups excluding carboxylic acids is 1. The lowest BCUT2D eigenvalue weighted by Gasteiger charge is -2.21. The minimum Gasteiger partial charge on any atom is -0.340 e. The van der Waals surface area contributed by atoms with E-state index in [1.807, 2.05) is 6.92 Å². The van der Waals surface area contributed by atoms with Crippen LogP contribution in [0.5, 0.6) is 0 Å². The first kappa shape index (κ1) is 14.4. The van der Waals surface area contributed by atoms with E-state index in [0.717, 1.165) is 12.8 Å². The Hall–Kier alpha value is -2.51. The van der Waals surface area contributed by atoms with Crippen molar-refractivity contribution in [3.63, 3.8) is 0 Å². The van der Waals surface area contributed by atoms with Crippen LogP contribution < -0.4 is 5.56 Å². The molecule has 116 valence electrons. The van der Waals surface area contributed by atoms with Gasteiger partial charge in [0.2, 0.25) is 5.89 Å². The third kappa shape index (κ3) is 2.51. The van der Waals surface area contributed by atoms with Crippen LogP contribution in [0.15, 0.2) is 21.5 Å². The Labute approximate surface area is 126 Å². The fourth-order valence-corrected chi connectivity index (χ4v) is 2.67. The molecule has 0 unspecified atom stereocenters. The quantitative estimate of drug-likeness (QED) is 0.837. The van der Waals surface area contributed by atoms with E-state index < -0.39 is 0 Å². The summed E-state index contributed by atoms with van der Waals surface area (Å²) in [5.74, 6) is 0.784. The van der Waals surface area contributed by atoms with Gasteiger partial charge in [0.1, 0.15) is 5.69 Å². The number of hydrogen-bond donors (Lipinski definition) is 0. The Bertz CT molecular complexity index is 751. The molecule has 8 nitrogen and oxygen atoms in total. The van der Waals surface area contributed by atoms with Crippen molar-refractivity contribution in [2.45, 2.75) is 39.3 Å². The van der Waals surface area contributed by atoms with Crippen molar-refractivity contribution >= 4 is 5.91 Å². The average molecular weight is 303 g/mol. The molecule has 1 saturated heterocycles. The van der Waals surface area contributed by atoms with Crippen LogP contribution >= 0.6 is 0 Å². The van der Waals surface area contributed by atoms with Gasteiger partial charge < -0.3 is 9.42 Å². The Balaban J connectivity index is 1.89. The van der Waals surface area contributed by atoms with Crippen molar-refractivity contribution in [2.24, 2.45) is 0 Å². The lowest BCUT2D eigenvalue weighted by Crippen LogP contribution is -2.33. The molecule has 1 fully saturated rings. The summed E-state index contributed by atoms with van der Waals surface area (Å²) in [4.78, 5) is 30.2. The van der Waals surface area contributed by atoms with Crippen molar-refractivity contribution in [1.29, 1.82) is 0 Å². The maximum absolute atomic E-state index is 12.7. The van der Waals surface area contributed by atoms with Gasteiger partial charge in [-0.1, -0.05) is 5.16 Å². The highest BCUT2D eigenvalue weighted by molar-refractivity contribution is 5.92. The zero-order chi connectivity index (χ0) is 15.7. The first-order valence-corrected chi connectivity index (χ1v) is 7.29. The monoisotopic (exact) mass is 303 g/mol. The molecule has 3 rings (SSSR count). The van der Waals surface area contributed by atoms with E-state index in [2.05, 4.69) is 15.2 Å². The topological polar surface area (TPSA) is 94.1 Å². The summed E-state index contributed by atoms with van der Waals surface area (Å²) >= 11 is 0. The van der Waals surface area contributed by atoms with Crippen LogP contribution in [0.25, 0.3) is 0 Å². The third-order valence-corrected chi connectivity index (χ3v) is 3.74. The molecule has 0 radical (unpaired) electrons. The van der Waals surface area contributed by atoms with Gasteiger partial charge in [-0.3, -0.25) is 9.59 Å². The average Bonchev–Trinajstić information content (AvgIpc) is 3.15. The smallest absolute Gasteiger partial charge is 0.274 e. The highest BCUT2D eigenvalue weighted by Crippen LogP contribution is 2.31. The molecule has 2 aromatic heterocycles. The molecule has 1 atom stereocenters. The van der Waals surface area contributed by atoms with E-state index in [4.69, 9.17) is 4.52 Å². The highest BCUT2D eigenvalue weighted by atomic mass is 16.5. The zero-order valence-corrected chi connectivity index (χ0v) is 12.5. The maximum atomic E-state index is 12.7. The van der Waals surface area contributed by atoms with Gasteiger partial charge in [0.15, 0.2) is 5.82 Å². The predicted molar refractivity (Wildman–Crippen MR) is 76.2 cm³/mol. The highest BCUT2D eigenvalue weighted by Gasteiger charge is 2.34. The Morgan fingerprint density at radius 3 is 2.95 bits per heavy atom. The minimum atomic E-state index is -0.217. The number of likely N-dealkylation sites (tertiary alicyclic amines) is 1.